The van der Waals surface area contributed by atoms with Gasteiger partial charge in [-0.3, -0.25) is 4.98 Å². The van der Waals surface area contributed by atoms with E-state index in [0.717, 1.165) is 24.2 Å². The van der Waals surface area contributed by atoms with E-state index in [9.17, 15) is 0 Å². The third kappa shape index (κ3) is 5.36. The van der Waals surface area contributed by atoms with Gasteiger partial charge in [-0.15, -0.1) is 0 Å². The number of hydrogen-bond donors (Lipinski definition) is 1. The number of methoxy groups -OCH3 is 1. The smallest absolute Gasteiger partial charge is 0.161 e. The van der Waals surface area contributed by atoms with E-state index in [0.29, 0.717) is 21.5 Å². The van der Waals surface area contributed by atoms with Crippen molar-refractivity contribution < 1.29 is 14.8 Å². The summed E-state index contributed by atoms with van der Waals surface area (Å²) in [6.07, 6.45) is 3.66. The standard InChI is InChI=1S/C21H20Cl2N2O2/c1-26-21-10-15(11-25-13-16-4-3-9-24-12-16)7-8-20(21)27-14-17-18(22)5-2-6-19(17)23/h2-10,12,25H,11,13-14H2,1H3/p+1. The van der Waals surface area contributed by atoms with Crippen LogP contribution in [0.5, 0.6) is 11.5 Å². The molecule has 0 amide bonds. The fourth-order valence-corrected chi connectivity index (χ4v) is 3.21. The lowest BCUT2D eigenvalue weighted by Gasteiger charge is -2.13. The van der Waals surface area contributed by atoms with E-state index < -0.39 is 0 Å². The molecular weight excluding hydrogens is 383 g/mol. The Morgan fingerprint density at radius 2 is 1.70 bits per heavy atom. The van der Waals surface area contributed by atoms with Gasteiger partial charge < -0.3 is 14.8 Å². The lowest BCUT2D eigenvalue weighted by Crippen LogP contribution is -2.80. The van der Waals surface area contributed by atoms with Gasteiger partial charge in [0.1, 0.15) is 19.7 Å². The number of quaternary nitrogens is 1. The maximum absolute atomic E-state index is 6.20. The topological polar surface area (TPSA) is 48.0 Å². The highest BCUT2D eigenvalue weighted by Gasteiger charge is 2.10. The third-order valence-electron chi connectivity index (χ3n) is 4.14. The molecule has 0 fully saturated rings. The van der Waals surface area contributed by atoms with Gasteiger partial charge in [0.05, 0.1) is 7.11 Å². The fourth-order valence-electron chi connectivity index (χ4n) is 2.70. The van der Waals surface area contributed by atoms with Gasteiger partial charge in [-0.2, -0.15) is 0 Å². The molecule has 1 heterocycles. The van der Waals surface area contributed by atoms with Crippen molar-refractivity contribution in [3.05, 3.63) is 87.7 Å². The summed E-state index contributed by atoms with van der Waals surface area (Å²) in [5.74, 6) is 1.34. The lowest BCUT2D eigenvalue weighted by atomic mass is 10.2. The normalized spacial score (nSPS) is 10.6. The van der Waals surface area contributed by atoms with Crippen molar-refractivity contribution in [1.29, 1.82) is 0 Å². The Labute approximate surface area is 169 Å². The minimum Gasteiger partial charge on any atom is -0.493 e. The molecule has 0 saturated carbocycles. The van der Waals surface area contributed by atoms with Gasteiger partial charge in [-0.25, -0.2) is 0 Å². The van der Waals surface area contributed by atoms with Crippen LogP contribution in [-0.4, -0.2) is 12.1 Å². The number of pyridine rings is 1. The molecule has 1 aromatic heterocycles. The van der Waals surface area contributed by atoms with Crippen LogP contribution in [0.25, 0.3) is 0 Å². The molecule has 0 saturated heterocycles. The maximum Gasteiger partial charge on any atom is 0.161 e. The first-order valence-corrected chi connectivity index (χ1v) is 9.36. The molecule has 0 bridgehead atoms. The van der Waals surface area contributed by atoms with Crippen molar-refractivity contribution in [2.24, 2.45) is 0 Å². The van der Waals surface area contributed by atoms with E-state index in [-0.39, 0.29) is 6.61 Å². The Hall–Kier alpha value is -2.27. The van der Waals surface area contributed by atoms with Crippen molar-refractivity contribution in [3.8, 4) is 11.5 Å². The predicted molar refractivity (Wildman–Crippen MR) is 107 cm³/mol. The Morgan fingerprint density at radius 1 is 0.926 bits per heavy atom. The van der Waals surface area contributed by atoms with Crippen LogP contribution in [0.15, 0.2) is 60.9 Å². The van der Waals surface area contributed by atoms with Gasteiger partial charge in [0.15, 0.2) is 11.5 Å². The molecule has 0 aliphatic carbocycles. The van der Waals surface area contributed by atoms with Crippen LogP contribution in [-0.2, 0) is 19.7 Å². The van der Waals surface area contributed by atoms with Gasteiger partial charge in [0, 0.05) is 39.1 Å². The molecule has 4 nitrogen and oxygen atoms in total. The van der Waals surface area contributed by atoms with Crippen molar-refractivity contribution in [3.63, 3.8) is 0 Å². The van der Waals surface area contributed by atoms with Gasteiger partial charge >= 0.3 is 0 Å². The van der Waals surface area contributed by atoms with E-state index in [4.69, 9.17) is 32.7 Å². The second kappa shape index (κ2) is 9.60. The van der Waals surface area contributed by atoms with Crippen molar-refractivity contribution >= 4 is 23.2 Å². The van der Waals surface area contributed by atoms with Crippen LogP contribution < -0.4 is 14.8 Å². The molecular formula is C21H21Cl2N2O2+. The molecule has 140 valence electrons. The zero-order valence-electron chi connectivity index (χ0n) is 15.0. The third-order valence-corrected chi connectivity index (χ3v) is 4.85. The molecule has 3 aromatic rings. The molecule has 0 aliphatic rings. The highest BCUT2D eigenvalue weighted by atomic mass is 35.5. The summed E-state index contributed by atoms with van der Waals surface area (Å²) in [4.78, 5) is 4.13. The Morgan fingerprint density at radius 3 is 2.41 bits per heavy atom. The number of ether oxygens (including phenoxy) is 2. The molecule has 6 heteroatoms. The zero-order chi connectivity index (χ0) is 19.1. The second-order valence-electron chi connectivity index (χ2n) is 6.03. The van der Waals surface area contributed by atoms with Crippen molar-refractivity contribution in [2.45, 2.75) is 19.7 Å². The summed E-state index contributed by atoms with van der Waals surface area (Å²) in [7, 11) is 1.63. The number of halogens is 2. The number of hydrogen-bond acceptors (Lipinski definition) is 3. The maximum atomic E-state index is 6.20. The van der Waals surface area contributed by atoms with E-state index in [2.05, 4.69) is 16.4 Å². The van der Waals surface area contributed by atoms with Gasteiger partial charge in [-0.05, 0) is 36.4 Å². The molecule has 0 atom stereocenters. The minimum atomic E-state index is 0.279. The Kier molecular flexibility index (Phi) is 6.93. The monoisotopic (exact) mass is 403 g/mol. The van der Waals surface area contributed by atoms with Gasteiger partial charge in [0.2, 0.25) is 0 Å². The quantitative estimate of drug-likeness (QED) is 0.611. The van der Waals surface area contributed by atoms with E-state index in [1.807, 2.05) is 36.5 Å². The summed E-state index contributed by atoms with van der Waals surface area (Å²) in [6.45, 7) is 1.99. The van der Waals surface area contributed by atoms with Crippen LogP contribution >= 0.6 is 23.2 Å². The van der Waals surface area contributed by atoms with E-state index >= 15 is 0 Å². The highest BCUT2D eigenvalue weighted by Crippen LogP contribution is 2.31. The van der Waals surface area contributed by atoms with Crippen LogP contribution in [0.3, 0.4) is 0 Å². The molecule has 3 rings (SSSR count). The number of aromatic nitrogens is 1. The summed E-state index contributed by atoms with van der Waals surface area (Å²) in [5, 5.41) is 3.39. The first-order valence-electron chi connectivity index (χ1n) is 8.60. The van der Waals surface area contributed by atoms with Crippen LogP contribution in [0, 0.1) is 0 Å². The fraction of sp³-hybridized carbons (Fsp3) is 0.190. The molecule has 27 heavy (non-hydrogen) atoms. The highest BCUT2D eigenvalue weighted by molar-refractivity contribution is 6.35. The number of nitrogens with zero attached hydrogens (tertiary/aromatic N) is 1. The van der Waals surface area contributed by atoms with E-state index in [1.54, 1.807) is 25.4 Å². The lowest BCUT2D eigenvalue weighted by molar-refractivity contribution is -0.686. The second-order valence-corrected chi connectivity index (χ2v) is 6.85. The van der Waals surface area contributed by atoms with Crippen LogP contribution in [0.1, 0.15) is 16.7 Å². The Bertz CT molecular complexity index is 868. The molecule has 0 radical (unpaired) electrons. The van der Waals surface area contributed by atoms with E-state index in [1.165, 1.54) is 5.56 Å². The number of rotatable bonds is 8. The molecule has 0 spiro atoms. The number of benzene rings is 2. The largest absolute Gasteiger partial charge is 0.493 e. The first kappa shape index (κ1) is 19.5. The van der Waals surface area contributed by atoms with Crippen molar-refractivity contribution in [1.82, 2.24) is 4.98 Å². The van der Waals surface area contributed by atoms with Gasteiger partial charge in [0.25, 0.3) is 0 Å². The van der Waals surface area contributed by atoms with Gasteiger partial charge in [-0.1, -0.05) is 35.3 Å². The van der Waals surface area contributed by atoms with Crippen molar-refractivity contribution in [2.75, 3.05) is 7.11 Å². The predicted octanol–water partition coefficient (Wildman–Crippen LogP) is 4.24. The average Bonchev–Trinajstić information content (AvgIpc) is 2.69. The summed E-state index contributed by atoms with van der Waals surface area (Å²) < 4.78 is 11.4. The molecule has 2 N–H and O–H groups in total. The summed E-state index contributed by atoms with van der Waals surface area (Å²) in [6, 6.07) is 15.4. The molecule has 0 aliphatic heterocycles. The molecule has 2 aromatic carbocycles. The van der Waals surface area contributed by atoms with Crippen LogP contribution in [0.4, 0.5) is 0 Å². The minimum absolute atomic E-state index is 0.279. The SMILES string of the molecule is COc1cc(C[NH2+]Cc2cccnc2)ccc1OCc1c(Cl)cccc1Cl. The molecule has 0 unspecified atom stereocenters. The summed E-state index contributed by atoms with van der Waals surface area (Å²) in [5.41, 5.74) is 3.11. The zero-order valence-corrected chi connectivity index (χ0v) is 16.5. The van der Waals surface area contributed by atoms with Crippen LogP contribution in [0.2, 0.25) is 10.0 Å². The number of nitrogens with two attached hydrogens (primary N) is 1. The summed E-state index contributed by atoms with van der Waals surface area (Å²) >= 11 is 12.4. The average molecular weight is 404 g/mol. The Balaban J connectivity index is 1.62. The first-order chi connectivity index (χ1) is 13.2.